The fraction of sp³-hybridized carbons (Fsp3) is 0.353. The number of Topliss-reactive ketones (excluding diaryl/α,β-unsaturated/α-hetero) is 2. The zero-order chi connectivity index (χ0) is 38.5. The molecular weight excluding hydrogens is 800 g/mol. The largest absolute Gasteiger partial charge is 0.503 e. The second kappa shape index (κ2) is 13.0. The van der Waals surface area contributed by atoms with Gasteiger partial charge in [-0.15, -0.1) is 23.2 Å². The molecule has 3 heterocycles. The van der Waals surface area contributed by atoms with E-state index in [2.05, 4.69) is 4.98 Å². The number of carbonyl (C=O) groups is 2. The molecule has 1 saturated carbocycles. The van der Waals surface area contributed by atoms with Crippen LogP contribution in [0.25, 0.3) is 11.0 Å². The lowest BCUT2D eigenvalue weighted by Gasteiger charge is -2.54. The standard InChI is InChI=1S/C34H28Cl5N5O9/c1-41-19-12-22(52-3)21(51-2)11-18(19)40-17(30(41)48)6-7-42-31(49)43-8-5-15-20(44(43)32(42)50)13-33(38)28(46)25(36)26(37)29(47)34(33,39)24(15)14-9-16(35)27(45)23(10-14)53-4/h5,9-12,20,24,45H,6-8,13H2,1-4H3. The Morgan fingerprint density at radius 1 is 0.887 bits per heavy atom. The van der Waals surface area contributed by atoms with E-state index in [-0.39, 0.29) is 41.5 Å². The molecular formula is C34H28Cl5N5O9. The Kier molecular flexibility index (Phi) is 9.09. The number of fused-ring (bicyclic) bond motifs is 5. The van der Waals surface area contributed by atoms with Crippen LogP contribution < -0.4 is 31.1 Å². The smallest absolute Gasteiger partial charge is 0.347 e. The van der Waals surface area contributed by atoms with Crippen molar-refractivity contribution < 1.29 is 28.9 Å². The van der Waals surface area contributed by atoms with E-state index in [1.165, 1.54) is 42.7 Å². The SMILES string of the molecule is COc1cc2nc(CCn3c(=O)n4n(c3=O)C3CC5(Cl)C(=O)C(Cl)=C(Cl)C(=O)C5(Cl)C(c5cc(Cl)c(O)c(OC)c5)C3=CC4)c(=O)n(C)c2cc1OC. The van der Waals surface area contributed by atoms with Crippen LogP contribution in [0.15, 0.2) is 60.4 Å². The molecule has 4 atom stereocenters. The molecule has 2 aromatic heterocycles. The molecule has 278 valence electrons. The molecule has 0 bridgehead atoms. The van der Waals surface area contributed by atoms with Crippen LogP contribution >= 0.6 is 58.0 Å². The van der Waals surface area contributed by atoms with Gasteiger partial charge in [-0.05, 0) is 23.3 Å². The number of methoxy groups -OCH3 is 3. The monoisotopic (exact) mass is 825 g/mol. The van der Waals surface area contributed by atoms with Gasteiger partial charge in [0.15, 0.2) is 34.6 Å². The van der Waals surface area contributed by atoms with Gasteiger partial charge in [0.2, 0.25) is 0 Å². The van der Waals surface area contributed by atoms with Crippen LogP contribution in [0, 0.1) is 0 Å². The van der Waals surface area contributed by atoms with Crippen molar-refractivity contribution >= 4 is 80.6 Å². The summed E-state index contributed by atoms with van der Waals surface area (Å²) in [6.07, 6.45) is 1.06. The minimum atomic E-state index is -2.31. The molecule has 4 unspecified atom stereocenters. The van der Waals surface area contributed by atoms with Crippen LogP contribution in [-0.4, -0.2) is 71.2 Å². The zero-order valence-electron chi connectivity index (χ0n) is 28.2. The number of phenolic OH excluding ortho intramolecular Hbond substituents is 1. The summed E-state index contributed by atoms with van der Waals surface area (Å²) in [6, 6.07) is 4.82. The van der Waals surface area contributed by atoms with Gasteiger partial charge in [-0.3, -0.25) is 14.4 Å². The Morgan fingerprint density at radius 2 is 1.53 bits per heavy atom. The molecule has 14 nitrogen and oxygen atoms in total. The van der Waals surface area contributed by atoms with Crippen LogP contribution in [-0.2, 0) is 36.1 Å². The first kappa shape index (κ1) is 37.1. The van der Waals surface area contributed by atoms with Crippen molar-refractivity contribution in [1.82, 2.24) is 23.5 Å². The number of aromatic hydroxyl groups is 1. The summed E-state index contributed by atoms with van der Waals surface area (Å²) < 4.78 is 20.7. The molecule has 1 N–H and O–H groups in total. The predicted molar refractivity (Wildman–Crippen MR) is 197 cm³/mol. The number of halogens is 5. The summed E-state index contributed by atoms with van der Waals surface area (Å²) in [7, 11) is 5.79. The molecule has 53 heavy (non-hydrogen) atoms. The molecule has 3 aliphatic rings. The highest BCUT2D eigenvalue weighted by Gasteiger charge is 2.71. The van der Waals surface area contributed by atoms with Crippen molar-refractivity contribution in [1.29, 1.82) is 0 Å². The third-order valence-electron chi connectivity index (χ3n) is 10.2. The summed E-state index contributed by atoms with van der Waals surface area (Å²) >= 11 is 33.4. The quantitative estimate of drug-likeness (QED) is 0.211. The Bertz CT molecular complexity index is 2550. The van der Waals surface area contributed by atoms with Gasteiger partial charge < -0.3 is 23.9 Å². The molecule has 4 aromatic rings. The Morgan fingerprint density at radius 3 is 2.19 bits per heavy atom. The highest BCUT2D eigenvalue weighted by molar-refractivity contribution is 6.66. The van der Waals surface area contributed by atoms with E-state index in [1.807, 2.05) is 0 Å². The van der Waals surface area contributed by atoms with E-state index in [0.717, 1.165) is 9.25 Å². The summed E-state index contributed by atoms with van der Waals surface area (Å²) in [4.78, 5) is 69.4. The topological polar surface area (TPSA) is 166 Å². The number of ether oxygens (including phenoxy) is 3. The third-order valence-corrected chi connectivity index (χ3v) is 12.7. The maximum absolute atomic E-state index is 14.3. The van der Waals surface area contributed by atoms with E-state index >= 15 is 0 Å². The normalized spacial score (nSPS) is 23.8. The van der Waals surface area contributed by atoms with Crippen molar-refractivity contribution in [2.24, 2.45) is 7.05 Å². The number of benzene rings is 2. The maximum Gasteiger partial charge on any atom is 0.347 e. The Labute approximate surface area is 324 Å². The first-order chi connectivity index (χ1) is 25.0. The van der Waals surface area contributed by atoms with E-state index in [1.54, 1.807) is 25.3 Å². The molecule has 7 rings (SSSR count). The second-order valence-electron chi connectivity index (χ2n) is 12.7. The summed E-state index contributed by atoms with van der Waals surface area (Å²) in [6.45, 7) is -0.395. The number of aromatic nitrogens is 5. The van der Waals surface area contributed by atoms with Crippen LogP contribution in [0.1, 0.15) is 29.6 Å². The fourth-order valence-corrected chi connectivity index (χ4v) is 9.33. The first-order valence-corrected chi connectivity index (χ1v) is 17.8. The third kappa shape index (κ3) is 5.13. The maximum atomic E-state index is 14.3. The van der Waals surface area contributed by atoms with Crippen molar-refractivity contribution in [3.63, 3.8) is 0 Å². The number of ketones is 2. The molecule has 2 aromatic carbocycles. The zero-order valence-corrected chi connectivity index (χ0v) is 32.0. The van der Waals surface area contributed by atoms with E-state index < -0.39 is 72.4 Å². The molecule has 19 heteroatoms. The van der Waals surface area contributed by atoms with Crippen molar-refractivity contribution in [2.75, 3.05) is 21.3 Å². The molecule has 1 fully saturated rings. The summed E-state index contributed by atoms with van der Waals surface area (Å²) in [5, 5.41) is 9.10. The molecule has 0 radical (unpaired) electrons. The van der Waals surface area contributed by atoms with Gasteiger partial charge >= 0.3 is 11.4 Å². The number of alkyl halides is 2. The summed E-state index contributed by atoms with van der Waals surface area (Å²) in [5.74, 6) is -2.88. The minimum absolute atomic E-state index is 0.0769. The number of phenols is 1. The number of rotatable bonds is 7. The molecule has 1 aliphatic heterocycles. The average Bonchev–Trinajstić information content (AvgIpc) is 3.39. The Hall–Kier alpha value is -4.21. The average molecular weight is 828 g/mol. The van der Waals surface area contributed by atoms with Crippen LogP contribution in [0.3, 0.4) is 0 Å². The van der Waals surface area contributed by atoms with Gasteiger partial charge in [-0.2, -0.15) is 0 Å². The lowest BCUT2D eigenvalue weighted by atomic mass is 9.59. The second-order valence-corrected chi connectivity index (χ2v) is 15.1. The van der Waals surface area contributed by atoms with E-state index in [4.69, 9.17) is 72.2 Å². The molecule has 0 amide bonds. The van der Waals surface area contributed by atoms with E-state index in [0.29, 0.717) is 28.1 Å². The minimum Gasteiger partial charge on any atom is -0.503 e. The lowest BCUT2D eigenvalue weighted by molar-refractivity contribution is -0.128. The summed E-state index contributed by atoms with van der Waals surface area (Å²) in [5.41, 5.74) is -0.427. The number of aryl methyl sites for hydroxylation is 2. The van der Waals surface area contributed by atoms with Gasteiger partial charge in [0.1, 0.15) is 25.5 Å². The molecule has 0 spiro atoms. The predicted octanol–water partition coefficient (Wildman–Crippen LogP) is 4.15. The van der Waals surface area contributed by atoms with Crippen molar-refractivity contribution in [3.05, 3.63) is 93.6 Å². The lowest BCUT2D eigenvalue weighted by Crippen LogP contribution is -2.67. The van der Waals surface area contributed by atoms with Gasteiger partial charge in [0.05, 0.1) is 50.0 Å². The van der Waals surface area contributed by atoms with Gasteiger partial charge in [-0.1, -0.05) is 40.9 Å². The molecule has 2 aliphatic carbocycles. The number of nitrogens with zero attached hydrogens (tertiary/aromatic N) is 5. The van der Waals surface area contributed by atoms with Crippen molar-refractivity contribution in [3.8, 4) is 23.0 Å². The highest BCUT2D eigenvalue weighted by Crippen LogP contribution is 2.64. The highest BCUT2D eigenvalue weighted by atomic mass is 35.5. The van der Waals surface area contributed by atoms with E-state index in [9.17, 15) is 29.1 Å². The van der Waals surface area contributed by atoms with Gasteiger partial charge in [-0.25, -0.2) is 28.5 Å². The van der Waals surface area contributed by atoms with Crippen LogP contribution in [0.5, 0.6) is 23.0 Å². The number of hydrogen-bond donors (Lipinski definition) is 1. The van der Waals surface area contributed by atoms with Crippen molar-refractivity contribution in [2.45, 2.75) is 47.6 Å². The van der Waals surface area contributed by atoms with Crippen LogP contribution in [0.2, 0.25) is 5.02 Å². The fourth-order valence-electron chi connectivity index (χ4n) is 7.59. The van der Waals surface area contributed by atoms with Crippen LogP contribution in [0.4, 0.5) is 0 Å². The van der Waals surface area contributed by atoms with Gasteiger partial charge in [0.25, 0.3) is 5.56 Å². The Balaban J connectivity index is 1.35. The number of allylic oxidation sites excluding steroid dienone is 4. The number of hydrogen-bond acceptors (Lipinski definition) is 10. The van der Waals surface area contributed by atoms with Gasteiger partial charge in [0, 0.05) is 44.5 Å². The number of carbonyl (C=O) groups excluding carboxylic acids is 2. The molecule has 0 saturated heterocycles. The first-order valence-electron chi connectivity index (χ1n) is 15.9.